The van der Waals surface area contributed by atoms with Crippen LogP contribution in [0, 0.1) is 6.92 Å². The van der Waals surface area contributed by atoms with E-state index in [-0.39, 0.29) is 31.5 Å². The Morgan fingerprint density at radius 3 is 2.91 bits per heavy atom. The van der Waals surface area contributed by atoms with Gasteiger partial charge in [-0.05, 0) is 24.6 Å². The molecular weight excluding hydrogens is 316 g/mol. The molecule has 1 N–H and O–H groups in total. The average molecular weight is 334 g/mol. The Kier molecular flexibility index (Phi) is 6.10. The van der Waals surface area contributed by atoms with E-state index in [0.29, 0.717) is 10.8 Å². The van der Waals surface area contributed by atoms with Crippen molar-refractivity contribution in [1.82, 2.24) is 4.98 Å². The molecule has 1 amide bonds. The van der Waals surface area contributed by atoms with Crippen LogP contribution < -0.4 is 10.1 Å². The lowest BCUT2D eigenvalue weighted by molar-refractivity contribution is -0.145. The Labute approximate surface area is 138 Å². The molecule has 0 aliphatic rings. The van der Waals surface area contributed by atoms with Gasteiger partial charge < -0.3 is 14.8 Å². The number of ether oxygens (including phenoxy) is 2. The van der Waals surface area contributed by atoms with E-state index in [2.05, 4.69) is 10.3 Å². The number of aromatic nitrogens is 1. The van der Waals surface area contributed by atoms with E-state index in [1.807, 2.05) is 31.2 Å². The molecule has 2 rings (SSSR count). The number of thiazole rings is 1. The van der Waals surface area contributed by atoms with Gasteiger partial charge in [0.05, 0.1) is 18.7 Å². The van der Waals surface area contributed by atoms with Gasteiger partial charge in [0.25, 0.3) is 0 Å². The molecule has 2 aromatic rings. The van der Waals surface area contributed by atoms with Crippen LogP contribution in [0.2, 0.25) is 0 Å². The maximum absolute atomic E-state index is 11.7. The maximum Gasteiger partial charge on any atom is 0.309 e. The van der Waals surface area contributed by atoms with E-state index in [1.165, 1.54) is 18.3 Å². The highest BCUT2D eigenvalue weighted by Crippen LogP contribution is 2.16. The van der Waals surface area contributed by atoms with E-state index >= 15 is 0 Å². The first-order chi connectivity index (χ1) is 11.0. The number of hydrogen-bond donors (Lipinski definition) is 1. The predicted molar refractivity (Wildman–Crippen MR) is 87.5 cm³/mol. The number of rotatable bonds is 7. The summed E-state index contributed by atoms with van der Waals surface area (Å²) in [6.45, 7) is 3.73. The molecule has 0 fully saturated rings. The van der Waals surface area contributed by atoms with Crippen molar-refractivity contribution in [3.63, 3.8) is 0 Å². The molecular formula is C16H18N2O4S. The summed E-state index contributed by atoms with van der Waals surface area (Å²) in [5.74, 6) is 0.195. The fourth-order valence-electron chi connectivity index (χ4n) is 1.77. The maximum atomic E-state index is 11.7. The standard InChI is InChI=1S/C16H18N2O4S/c1-11-4-3-5-14(8-11)21-7-6-15(20)22-9-13-10-23-16(18-13)17-12(2)19/h3-5,8,10H,6-7,9H2,1-2H3,(H,17,18,19). The Bertz CT molecular complexity index is 684. The van der Waals surface area contributed by atoms with Crippen molar-refractivity contribution in [2.45, 2.75) is 26.9 Å². The second-order valence-electron chi connectivity index (χ2n) is 4.90. The van der Waals surface area contributed by atoms with Gasteiger partial charge in [-0.3, -0.25) is 9.59 Å². The monoisotopic (exact) mass is 334 g/mol. The molecule has 1 aromatic heterocycles. The highest BCUT2D eigenvalue weighted by Gasteiger charge is 2.08. The third kappa shape index (κ3) is 6.07. The third-order valence-electron chi connectivity index (χ3n) is 2.78. The van der Waals surface area contributed by atoms with Gasteiger partial charge in [0.2, 0.25) is 5.91 Å². The second kappa shape index (κ2) is 8.28. The molecule has 0 spiro atoms. The van der Waals surface area contributed by atoms with E-state index in [1.54, 1.807) is 5.38 Å². The van der Waals surface area contributed by atoms with Gasteiger partial charge in [0.15, 0.2) is 5.13 Å². The Morgan fingerprint density at radius 1 is 1.35 bits per heavy atom. The van der Waals surface area contributed by atoms with Crippen LogP contribution in [0.4, 0.5) is 5.13 Å². The van der Waals surface area contributed by atoms with Crippen molar-refractivity contribution in [2.75, 3.05) is 11.9 Å². The summed E-state index contributed by atoms with van der Waals surface area (Å²) in [7, 11) is 0. The number of esters is 1. The van der Waals surface area contributed by atoms with E-state index in [4.69, 9.17) is 9.47 Å². The van der Waals surface area contributed by atoms with Crippen molar-refractivity contribution >= 4 is 28.3 Å². The highest BCUT2D eigenvalue weighted by molar-refractivity contribution is 7.13. The zero-order valence-electron chi connectivity index (χ0n) is 13.0. The number of anilines is 1. The third-order valence-corrected chi connectivity index (χ3v) is 3.59. The Balaban J connectivity index is 1.68. The first-order valence-corrected chi connectivity index (χ1v) is 7.98. The summed E-state index contributed by atoms with van der Waals surface area (Å²) in [5.41, 5.74) is 1.70. The zero-order valence-corrected chi connectivity index (χ0v) is 13.8. The minimum atomic E-state index is -0.355. The van der Waals surface area contributed by atoms with Crippen LogP contribution in [-0.4, -0.2) is 23.5 Å². The topological polar surface area (TPSA) is 77.5 Å². The van der Waals surface area contributed by atoms with Crippen LogP contribution in [-0.2, 0) is 20.9 Å². The number of benzene rings is 1. The van der Waals surface area contributed by atoms with Crippen molar-refractivity contribution < 1.29 is 19.1 Å². The van der Waals surface area contributed by atoms with Crippen molar-refractivity contribution in [1.29, 1.82) is 0 Å². The van der Waals surface area contributed by atoms with Crippen LogP contribution in [0.5, 0.6) is 5.75 Å². The van der Waals surface area contributed by atoms with Crippen LogP contribution in [0.3, 0.4) is 0 Å². The summed E-state index contributed by atoms with van der Waals surface area (Å²) in [4.78, 5) is 26.7. The van der Waals surface area contributed by atoms with Gasteiger partial charge in [-0.25, -0.2) is 4.98 Å². The molecule has 0 unspecified atom stereocenters. The minimum absolute atomic E-state index is 0.0827. The van der Waals surface area contributed by atoms with Crippen molar-refractivity contribution in [3.8, 4) is 5.75 Å². The molecule has 23 heavy (non-hydrogen) atoms. The molecule has 0 saturated carbocycles. The summed E-state index contributed by atoms with van der Waals surface area (Å²) < 4.78 is 10.6. The number of nitrogens with one attached hydrogen (secondary N) is 1. The molecule has 1 heterocycles. The van der Waals surface area contributed by atoms with Crippen LogP contribution in [0.25, 0.3) is 0 Å². The average Bonchev–Trinajstić information content (AvgIpc) is 2.92. The van der Waals surface area contributed by atoms with Gasteiger partial charge in [-0.15, -0.1) is 11.3 Å². The number of nitrogens with zero attached hydrogens (tertiary/aromatic N) is 1. The minimum Gasteiger partial charge on any atom is -0.493 e. The smallest absolute Gasteiger partial charge is 0.309 e. The highest BCUT2D eigenvalue weighted by atomic mass is 32.1. The van der Waals surface area contributed by atoms with Gasteiger partial charge >= 0.3 is 5.97 Å². The molecule has 1 aromatic carbocycles. The summed E-state index contributed by atoms with van der Waals surface area (Å²) in [6.07, 6.45) is 0.163. The van der Waals surface area contributed by atoms with E-state index in [9.17, 15) is 9.59 Å². The molecule has 0 radical (unpaired) electrons. The predicted octanol–water partition coefficient (Wildman–Crippen LogP) is 2.92. The van der Waals surface area contributed by atoms with E-state index in [0.717, 1.165) is 11.3 Å². The van der Waals surface area contributed by atoms with Gasteiger partial charge in [0.1, 0.15) is 12.4 Å². The fraction of sp³-hybridized carbons (Fsp3) is 0.312. The van der Waals surface area contributed by atoms with Crippen LogP contribution >= 0.6 is 11.3 Å². The van der Waals surface area contributed by atoms with Crippen LogP contribution in [0.1, 0.15) is 24.6 Å². The molecule has 0 bridgehead atoms. The van der Waals surface area contributed by atoms with Crippen LogP contribution in [0.15, 0.2) is 29.6 Å². The van der Waals surface area contributed by atoms with Crippen molar-refractivity contribution in [3.05, 3.63) is 40.9 Å². The molecule has 0 atom stereocenters. The Morgan fingerprint density at radius 2 is 2.17 bits per heavy atom. The number of carbonyl (C=O) groups excluding carboxylic acids is 2. The van der Waals surface area contributed by atoms with Gasteiger partial charge in [-0.2, -0.15) is 0 Å². The summed E-state index contributed by atoms with van der Waals surface area (Å²) >= 11 is 1.29. The fourth-order valence-corrected chi connectivity index (χ4v) is 2.51. The first-order valence-electron chi connectivity index (χ1n) is 7.10. The number of hydrogen-bond acceptors (Lipinski definition) is 6. The Hall–Kier alpha value is -2.41. The second-order valence-corrected chi connectivity index (χ2v) is 5.76. The molecule has 7 heteroatoms. The molecule has 0 aliphatic carbocycles. The molecule has 0 aliphatic heterocycles. The normalized spacial score (nSPS) is 10.2. The lowest BCUT2D eigenvalue weighted by Crippen LogP contribution is -2.10. The number of aryl methyl sites for hydroxylation is 1. The SMILES string of the molecule is CC(=O)Nc1nc(COC(=O)CCOc2cccc(C)c2)cs1. The number of amides is 1. The van der Waals surface area contributed by atoms with Crippen molar-refractivity contribution in [2.24, 2.45) is 0 Å². The zero-order chi connectivity index (χ0) is 16.7. The molecule has 122 valence electrons. The number of carbonyl (C=O) groups is 2. The largest absolute Gasteiger partial charge is 0.493 e. The van der Waals surface area contributed by atoms with Gasteiger partial charge in [0, 0.05) is 12.3 Å². The van der Waals surface area contributed by atoms with E-state index < -0.39 is 0 Å². The first kappa shape index (κ1) is 17.0. The van der Waals surface area contributed by atoms with Gasteiger partial charge in [-0.1, -0.05) is 12.1 Å². The quantitative estimate of drug-likeness (QED) is 0.788. The summed E-state index contributed by atoms with van der Waals surface area (Å²) in [5, 5.41) is 4.81. The lowest BCUT2D eigenvalue weighted by Gasteiger charge is -2.06. The lowest BCUT2D eigenvalue weighted by atomic mass is 10.2. The molecule has 6 nitrogen and oxygen atoms in total. The molecule has 0 saturated heterocycles. The summed E-state index contributed by atoms with van der Waals surface area (Å²) in [6, 6.07) is 7.63.